The van der Waals surface area contributed by atoms with Gasteiger partial charge in [0, 0.05) is 144 Å². The van der Waals surface area contributed by atoms with Crippen LogP contribution in [0.15, 0.2) is 212 Å². The Bertz CT molecular complexity index is 5780. The summed E-state index contributed by atoms with van der Waals surface area (Å²) in [5.41, 5.74) is 12.7. The second kappa shape index (κ2) is 37.7. The van der Waals surface area contributed by atoms with Crippen molar-refractivity contribution in [1.82, 2.24) is 24.5 Å². The van der Waals surface area contributed by atoms with Crippen molar-refractivity contribution in [3.05, 3.63) is 342 Å². The molecule has 604 valence electrons. The Morgan fingerprint density at radius 2 is 1.02 bits per heavy atom. The SMILES string of the molecule is C.CC(=O)c1cccc(-c2cccnc2[C@@H](CC(=O)CC2=CCc3ccc(=O)[nH]c32)Cc2cc(F)cc(F)c2)c1.CC(=O)c1cccc(-c2cccnc2[C@@H](CC(=O)Cn2cc(C(F)(F)F)c3c2C(C)CCC3)Cc2cc(F)cc(F)c2)c1.O=C(CC1=CCc2ccc(O)cc21)C[C@@H](Cc1cc(F)cc(F)c1)c1ncccc1C#CC1CC1. The maximum Gasteiger partial charge on any atom is 0.418 e. The van der Waals surface area contributed by atoms with Gasteiger partial charge in [-0.15, -0.1) is 0 Å². The summed E-state index contributed by atoms with van der Waals surface area (Å²) in [4.78, 5) is 92.9. The fraction of sp³-hybridized carbons (Fsp3) is 0.268. The number of hydrogen-bond donors (Lipinski definition) is 2. The van der Waals surface area contributed by atoms with Crippen LogP contribution in [0.5, 0.6) is 5.75 Å². The number of aromatic nitrogens is 5. The number of pyridine rings is 4. The lowest BCUT2D eigenvalue weighted by Crippen LogP contribution is -2.19. The average molecular weight is 1600 g/mol. The molecule has 0 radical (unpaired) electrons. The number of phenols is 1. The summed E-state index contributed by atoms with van der Waals surface area (Å²) in [5, 5.41) is 9.88. The molecule has 2 N–H and O–H groups in total. The fourth-order valence-corrected chi connectivity index (χ4v) is 16.1. The summed E-state index contributed by atoms with van der Waals surface area (Å²) in [6.45, 7) is 4.55. The molecule has 0 saturated heterocycles. The molecular formula is C97H86F9N5O7. The van der Waals surface area contributed by atoms with E-state index >= 15 is 0 Å². The molecule has 5 aromatic heterocycles. The number of hydrogen-bond acceptors (Lipinski definition) is 10. The van der Waals surface area contributed by atoms with E-state index in [0.29, 0.717) is 92.6 Å². The lowest BCUT2D eigenvalue weighted by Gasteiger charge is -2.23. The Morgan fingerprint density at radius 3 is 1.53 bits per heavy atom. The van der Waals surface area contributed by atoms with Gasteiger partial charge in [-0.3, -0.25) is 43.7 Å². The van der Waals surface area contributed by atoms with Gasteiger partial charge in [-0.05, 0) is 230 Å². The molecule has 0 bridgehead atoms. The van der Waals surface area contributed by atoms with Crippen LogP contribution in [0.4, 0.5) is 39.5 Å². The second-order valence-corrected chi connectivity index (χ2v) is 30.5. The third-order valence-electron chi connectivity index (χ3n) is 21.5. The van der Waals surface area contributed by atoms with E-state index in [0.717, 1.165) is 94.6 Å². The zero-order valence-electron chi connectivity index (χ0n) is 64.4. The van der Waals surface area contributed by atoms with Gasteiger partial charge < -0.3 is 14.7 Å². The van der Waals surface area contributed by atoms with Crippen LogP contribution in [-0.4, -0.2) is 58.5 Å². The number of aromatic hydroxyl groups is 1. The van der Waals surface area contributed by atoms with E-state index in [-0.39, 0.29) is 123 Å². The van der Waals surface area contributed by atoms with Crippen molar-refractivity contribution in [2.24, 2.45) is 5.92 Å². The molecule has 1 unspecified atom stereocenters. The smallest absolute Gasteiger partial charge is 0.418 e. The predicted octanol–water partition coefficient (Wildman–Crippen LogP) is 21.5. The topological polar surface area (TPSA) is 182 Å². The number of fused-ring (bicyclic) bond motifs is 3. The molecule has 1 fully saturated rings. The molecule has 21 heteroatoms. The highest BCUT2D eigenvalue weighted by Gasteiger charge is 2.39. The highest BCUT2D eigenvalue weighted by Crippen LogP contribution is 2.44. The molecule has 4 aliphatic carbocycles. The molecule has 6 aromatic carbocycles. The average Bonchev–Trinajstić information content (AvgIpc) is 1.58. The molecule has 4 atom stereocenters. The minimum Gasteiger partial charge on any atom is -0.508 e. The van der Waals surface area contributed by atoms with E-state index in [1.54, 1.807) is 97.5 Å². The number of nitrogens with zero attached hydrogens (tertiary/aromatic N) is 4. The van der Waals surface area contributed by atoms with E-state index in [4.69, 9.17) is 0 Å². The summed E-state index contributed by atoms with van der Waals surface area (Å²) in [6, 6.07) is 43.3. The van der Waals surface area contributed by atoms with Crippen LogP contribution < -0.4 is 5.56 Å². The molecule has 0 amide bonds. The maximum absolute atomic E-state index is 14.1. The Balaban J connectivity index is 0.000000163. The van der Waals surface area contributed by atoms with Gasteiger partial charge in [0.1, 0.15) is 52.2 Å². The van der Waals surface area contributed by atoms with Crippen molar-refractivity contribution in [1.29, 1.82) is 0 Å². The number of phenolic OH excluding ortho intramolecular Hbond substituents is 1. The Kier molecular flexibility index (Phi) is 27.1. The molecule has 12 nitrogen and oxygen atoms in total. The highest BCUT2D eigenvalue weighted by molar-refractivity contribution is 5.97. The highest BCUT2D eigenvalue weighted by atomic mass is 19.4. The molecule has 15 rings (SSSR count). The fourth-order valence-electron chi connectivity index (χ4n) is 16.1. The van der Waals surface area contributed by atoms with Gasteiger partial charge in [-0.1, -0.05) is 99.0 Å². The van der Waals surface area contributed by atoms with Gasteiger partial charge in [-0.25, -0.2) is 26.3 Å². The van der Waals surface area contributed by atoms with E-state index in [2.05, 4.69) is 31.8 Å². The first-order valence-corrected chi connectivity index (χ1v) is 38.8. The number of ketones is 5. The number of carbonyl (C=O) groups is 5. The van der Waals surface area contributed by atoms with Crippen LogP contribution in [0, 0.1) is 52.7 Å². The van der Waals surface area contributed by atoms with Crippen molar-refractivity contribution in [2.45, 2.75) is 161 Å². The molecule has 11 aromatic rings. The maximum atomic E-state index is 14.1. The van der Waals surface area contributed by atoms with Crippen molar-refractivity contribution >= 4 is 40.1 Å². The largest absolute Gasteiger partial charge is 0.508 e. The van der Waals surface area contributed by atoms with Crippen molar-refractivity contribution in [2.75, 3.05) is 0 Å². The van der Waals surface area contributed by atoms with Gasteiger partial charge >= 0.3 is 6.18 Å². The number of alkyl halides is 3. The standard InChI is InChI=1S/C34H31F5N2O2.C32H26F2N2O3.C30H25F2NO2.CH4/c1-20-6-3-9-30-31(34(37,38)39)19-41(33(20)30)18-28(43)16-25(12-22-13-26(35)17-27(36)14-22)32-29(10-5-11-40-32)24-8-4-7-23(15-24)21(2)42;1-19(37)22-4-2-5-23(15-22)29-6-3-11-35-32(29)25(12-20-13-26(33)18-27(34)14-20)17-28(38)16-24-8-7-21-9-10-30(39)36-31(21)24;31-25-13-20(14-26(32)17-25)12-24(30-22(2-1-11-33-30)6-5-19-3-4-19)16-28(35)15-23-8-7-21-9-10-27(34)18-29(21)23;/h4-5,7-8,10-11,13-15,17,19-20,25H,3,6,9,12,16,18H2,1-2H3;2-6,8-11,13-15,18,25H,7,12,16-17H2,1H3,(H,36,39);1-2,8-11,13-14,17-19,24,34H,3-4,7,12,15-16H2;1H4/t20?,25-;25-;24-;/m111./s1. The van der Waals surface area contributed by atoms with Crippen molar-refractivity contribution in [3.8, 4) is 39.8 Å². The predicted molar refractivity (Wildman–Crippen MR) is 436 cm³/mol. The van der Waals surface area contributed by atoms with Crippen LogP contribution in [0.25, 0.3) is 33.4 Å². The summed E-state index contributed by atoms with van der Waals surface area (Å²) in [5.74, 6) is 0.569. The number of allylic oxidation sites excluding steroid dienone is 4. The molecule has 118 heavy (non-hydrogen) atoms. The first kappa shape index (κ1) is 84.9. The Labute approximate surface area is 678 Å². The summed E-state index contributed by atoms with van der Waals surface area (Å²) in [6.07, 6.45) is 11.5. The molecule has 4 aliphatic rings. The number of halogens is 9. The van der Waals surface area contributed by atoms with Crippen LogP contribution in [0.1, 0.15) is 209 Å². The Hall–Kier alpha value is -12.4. The van der Waals surface area contributed by atoms with Crippen LogP contribution in [0.3, 0.4) is 0 Å². The lowest BCUT2D eigenvalue weighted by atomic mass is 9.85. The van der Waals surface area contributed by atoms with Gasteiger partial charge in [0.15, 0.2) is 17.3 Å². The van der Waals surface area contributed by atoms with Gasteiger partial charge in [-0.2, -0.15) is 13.2 Å². The minimum atomic E-state index is -4.53. The normalized spacial score (nSPS) is 14.5. The summed E-state index contributed by atoms with van der Waals surface area (Å²) in [7, 11) is 0. The third kappa shape index (κ3) is 21.6. The van der Waals surface area contributed by atoms with Gasteiger partial charge in [0.05, 0.1) is 29.2 Å². The number of rotatable bonds is 25. The quantitative estimate of drug-likeness (QED) is 0.0317. The van der Waals surface area contributed by atoms with Crippen LogP contribution in [-0.2, 0) is 65.6 Å². The monoisotopic (exact) mass is 1600 g/mol. The van der Waals surface area contributed by atoms with Gasteiger partial charge in [0.25, 0.3) is 0 Å². The number of Topliss-reactive ketones (excluding diaryl/α,β-unsaturated/α-hetero) is 5. The van der Waals surface area contributed by atoms with E-state index in [9.17, 15) is 73.4 Å². The minimum absolute atomic E-state index is 0. The van der Waals surface area contributed by atoms with Crippen LogP contribution >= 0.6 is 0 Å². The van der Waals surface area contributed by atoms with Crippen LogP contribution in [0.2, 0.25) is 0 Å². The van der Waals surface area contributed by atoms with E-state index in [1.165, 1.54) is 60.9 Å². The first-order valence-electron chi connectivity index (χ1n) is 38.8. The Morgan fingerprint density at radius 1 is 0.542 bits per heavy atom. The zero-order valence-corrected chi connectivity index (χ0v) is 64.4. The van der Waals surface area contributed by atoms with Crippen molar-refractivity contribution < 1.29 is 68.6 Å². The van der Waals surface area contributed by atoms with E-state index in [1.807, 2.05) is 49.4 Å². The summed E-state index contributed by atoms with van der Waals surface area (Å²) < 4.78 is 127. The molecule has 0 spiro atoms. The number of H-pyrrole nitrogens is 1. The number of carbonyl (C=O) groups excluding carboxylic acids is 5. The van der Waals surface area contributed by atoms with E-state index < -0.39 is 58.5 Å². The molecule has 1 saturated carbocycles. The molecular weight excluding hydrogens is 1520 g/mol. The zero-order chi connectivity index (χ0) is 82.8. The summed E-state index contributed by atoms with van der Waals surface area (Å²) >= 11 is 0. The molecule has 5 heterocycles. The number of benzene rings is 6. The lowest BCUT2D eigenvalue weighted by molar-refractivity contribution is -0.138. The first-order chi connectivity index (χ1) is 56.1. The second-order valence-electron chi connectivity index (χ2n) is 30.5. The number of aromatic amines is 1. The molecule has 0 aliphatic heterocycles. The third-order valence-corrected chi connectivity index (χ3v) is 21.5. The van der Waals surface area contributed by atoms with Crippen molar-refractivity contribution in [3.63, 3.8) is 0 Å². The number of nitrogens with one attached hydrogen (secondary N) is 1. The van der Waals surface area contributed by atoms with Gasteiger partial charge in [0.2, 0.25) is 5.56 Å².